The van der Waals surface area contributed by atoms with Gasteiger partial charge in [0.05, 0.1) is 0 Å². The van der Waals surface area contributed by atoms with Crippen LogP contribution >= 0.6 is 21.6 Å². The maximum absolute atomic E-state index is 2.77. The van der Waals surface area contributed by atoms with E-state index in [1.54, 1.807) is 0 Å². The Morgan fingerprint density at radius 2 is 1.67 bits per heavy atom. The van der Waals surface area contributed by atoms with Gasteiger partial charge in [0.15, 0.2) is 0 Å². The van der Waals surface area contributed by atoms with Gasteiger partial charge in [-0.3, -0.25) is 0 Å². The molecule has 0 aliphatic rings. The Morgan fingerprint density at radius 3 is 2.25 bits per heavy atom. The van der Waals surface area contributed by atoms with Gasteiger partial charge in [0.2, 0.25) is 0 Å². The molecule has 0 amide bonds. The van der Waals surface area contributed by atoms with Crippen molar-refractivity contribution in [3.05, 3.63) is 35.9 Å². The molecule has 1 rings (SSSR count). The number of halogens is 1. The molecule has 0 radical (unpaired) electrons. The van der Waals surface area contributed by atoms with E-state index in [-0.39, 0.29) is 12.4 Å². The molecule has 12 heavy (non-hydrogen) atoms. The fourth-order valence-corrected chi connectivity index (χ4v) is 1.41. The Hall–Kier alpha value is -0.0600. The third-order valence-corrected chi connectivity index (χ3v) is 2.17. The molecule has 68 valence electrons. The van der Waals surface area contributed by atoms with Crippen molar-refractivity contribution in [2.24, 2.45) is 0 Å². The van der Waals surface area contributed by atoms with Crippen molar-refractivity contribution in [1.29, 1.82) is 0 Å². The zero-order valence-electron chi connectivity index (χ0n) is 7.20. The highest BCUT2D eigenvalue weighted by atomic mass is 35.5. The molecule has 0 nitrogen and oxygen atoms in total. The van der Waals surface area contributed by atoms with E-state index in [0.717, 1.165) is 0 Å². The van der Waals surface area contributed by atoms with Gasteiger partial charge >= 0.3 is 0 Å². The highest BCUT2D eigenvalue weighted by Crippen LogP contribution is 2.04. The van der Waals surface area contributed by atoms with Crippen LogP contribution in [0.2, 0.25) is 0 Å². The molecule has 1 atom stereocenters. The number of unbranched alkanes of at least 4 members (excludes halogenated alkanes) is 1. The predicted octanol–water partition coefficient (Wildman–Crippen LogP) is 3.31. The molecule has 0 saturated heterocycles. The van der Waals surface area contributed by atoms with Crippen LogP contribution in [-0.4, -0.2) is 6.16 Å². The van der Waals surface area contributed by atoms with Gasteiger partial charge in [-0.2, -0.15) is 0 Å². The monoisotopic (exact) mass is 202 g/mol. The molecule has 1 unspecified atom stereocenters. The minimum absolute atomic E-state index is 0. The Balaban J connectivity index is 0.00000121. The van der Waals surface area contributed by atoms with E-state index < -0.39 is 0 Å². The average molecular weight is 203 g/mol. The lowest BCUT2D eigenvalue weighted by molar-refractivity contribution is 0.803. The SMILES string of the molecule is Cl.PCCCCc1ccccc1. The van der Waals surface area contributed by atoms with Crippen LogP contribution < -0.4 is 0 Å². The van der Waals surface area contributed by atoms with Gasteiger partial charge in [-0.05, 0) is 31.0 Å². The molecule has 0 saturated carbocycles. The molecule has 1 aromatic rings. The quantitative estimate of drug-likeness (QED) is 0.519. The number of hydrogen-bond acceptors (Lipinski definition) is 0. The molecule has 0 heterocycles. The Bertz CT molecular complexity index is 186. The summed E-state index contributed by atoms with van der Waals surface area (Å²) in [6, 6.07) is 10.7. The van der Waals surface area contributed by atoms with E-state index in [4.69, 9.17) is 0 Å². The zero-order chi connectivity index (χ0) is 7.94. The van der Waals surface area contributed by atoms with E-state index in [0.29, 0.717) is 0 Å². The minimum Gasteiger partial charge on any atom is -0.147 e. The summed E-state index contributed by atoms with van der Waals surface area (Å²) < 4.78 is 0. The fourth-order valence-electron chi connectivity index (χ4n) is 1.12. The van der Waals surface area contributed by atoms with Crippen molar-refractivity contribution < 1.29 is 0 Å². The van der Waals surface area contributed by atoms with Gasteiger partial charge in [0, 0.05) is 0 Å². The molecular formula is C10H16ClP. The molecule has 0 aromatic heterocycles. The highest BCUT2D eigenvalue weighted by molar-refractivity contribution is 7.16. The van der Waals surface area contributed by atoms with Gasteiger partial charge in [-0.25, -0.2) is 0 Å². The van der Waals surface area contributed by atoms with Crippen molar-refractivity contribution >= 4 is 21.6 Å². The normalized spacial score (nSPS) is 9.08. The number of benzene rings is 1. The van der Waals surface area contributed by atoms with Gasteiger partial charge in [0.1, 0.15) is 0 Å². The van der Waals surface area contributed by atoms with Crippen LogP contribution in [0.4, 0.5) is 0 Å². The van der Waals surface area contributed by atoms with Crippen LogP contribution in [0, 0.1) is 0 Å². The predicted molar refractivity (Wildman–Crippen MR) is 61.2 cm³/mol. The molecule has 0 fully saturated rings. The zero-order valence-corrected chi connectivity index (χ0v) is 9.17. The van der Waals surface area contributed by atoms with Crippen LogP contribution in [-0.2, 0) is 6.42 Å². The first-order valence-corrected chi connectivity index (χ1v) is 4.99. The maximum Gasteiger partial charge on any atom is -0.0279 e. The first-order chi connectivity index (χ1) is 5.43. The van der Waals surface area contributed by atoms with Crippen molar-refractivity contribution in [1.82, 2.24) is 0 Å². The lowest BCUT2D eigenvalue weighted by Crippen LogP contribution is -1.84. The molecular weight excluding hydrogens is 187 g/mol. The first kappa shape index (κ1) is 11.9. The first-order valence-electron chi connectivity index (χ1n) is 4.17. The highest BCUT2D eigenvalue weighted by Gasteiger charge is 1.89. The van der Waals surface area contributed by atoms with Gasteiger partial charge in [-0.15, -0.1) is 21.6 Å². The van der Waals surface area contributed by atoms with E-state index >= 15 is 0 Å². The van der Waals surface area contributed by atoms with E-state index in [1.165, 1.54) is 31.0 Å². The second-order valence-corrected chi connectivity index (χ2v) is 3.31. The summed E-state index contributed by atoms with van der Waals surface area (Å²) in [6.07, 6.45) is 5.09. The number of hydrogen-bond donors (Lipinski definition) is 0. The molecule has 0 bridgehead atoms. The van der Waals surface area contributed by atoms with Crippen molar-refractivity contribution in [2.75, 3.05) is 6.16 Å². The lowest BCUT2D eigenvalue weighted by atomic mass is 10.1. The summed E-state index contributed by atoms with van der Waals surface area (Å²) >= 11 is 0. The summed E-state index contributed by atoms with van der Waals surface area (Å²) in [5, 5.41) is 0. The van der Waals surface area contributed by atoms with Gasteiger partial charge in [-0.1, -0.05) is 30.3 Å². The standard InChI is InChI=1S/C10H15P.ClH/c11-9-5-4-8-10-6-2-1-3-7-10;/h1-3,6-7H,4-5,8-9,11H2;1H. The van der Waals surface area contributed by atoms with Crippen molar-refractivity contribution in [3.63, 3.8) is 0 Å². The maximum atomic E-state index is 2.77. The number of rotatable bonds is 4. The Kier molecular flexibility index (Phi) is 7.54. The van der Waals surface area contributed by atoms with Crippen molar-refractivity contribution in [3.8, 4) is 0 Å². The molecule has 2 heteroatoms. The molecule has 1 aromatic carbocycles. The summed E-state index contributed by atoms with van der Waals surface area (Å²) in [4.78, 5) is 0. The third kappa shape index (κ3) is 4.74. The van der Waals surface area contributed by atoms with Crippen LogP contribution in [0.3, 0.4) is 0 Å². The molecule has 0 N–H and O–H groups in total. The van der Waals surface area contributed by atoms with Crippen LogP contribution in [0.5, 0.6) is 0 Å². The van der Waals surface area contributed by atoms with E-state index in [1.807, 2.05) is 0 Å². The summed E-state index contributed by atoms with van der Waals surface area (Å²) in [5.41, 5.74) is 1.46. The van der Waals surface area contributed by atoms with Gasteiger partial charge < -0.3 is 0 Å². The minimum atomic E-state index is 0. The number of aryl methyl sites for hydroxylation is 1. The second-order valence-electron chi connectivity index (χ2n) is 2.73. The fraction of sp³-hybridized carbons (Fsp3) is 0.400. The Morgan fingerprint density at radius 1 is 1.00 bits per heavy atom. The largest absolute Gasteiger partial charge is 0.147 e. The van der Waals surface area contributed by atoms with Crippen molar-refractivity contribution in [2.45, 2.75) is 19.3 Å². The third-order valence-electron chi connectivity index (χ3n) is 1.76. The molecule has 0 spiro atoms. The van der Waals surface area contributed by atoms with E-state index in [2.05, 4.69) is 39.6 Å². The molecule has 0 aliphatic heterocycles. The second kappa shape index (κ2) is 7.58. The summed E-state index contributed by atoms with van der Waals surface area (Å²) in [7, 11) is 2.77. The van der Waals surface area contributed by atoms with Crippen LogP contribution in [0.1, 0.15) is 18.4 Å². The average Bonchev–Trinajstić information content (AvgIpc) is 2.07. The smallest absolute Gasteiger partial charge is 0.0279 e. The van der Waals surface area contributed by atoms with Crippen LogP contribution in [0.25, 0.3) is 0 Å². The molecule has 0 aliphatic carbocycles. The Labute approximate surface area is 83.4 Å². The van der Waals surface area contributed by atoms with E-state index in [9.17, 15) is 0 Å². The van der Waals surface area contributed by atoms with Gasteiger partial charge in [0.25, 0.3) is 0 Å². The lowest BCUT2D eigenvalue weighted by Gasteiger charge is -1.98. The van der Waals surface area contributed by atoms with Crippen LogP contribution in [0.15, 0.2) is 30.3 Å². The summed E-state index contributed by atoms with van der Waals surface area (Å²) in [5.74, 6) is 0. The summed E-state index contributed by atoms with van der Waals surface area (Å²) in [6.45, 7) is 0. The topological polar surface area (TPSA) is 0 Å².